The molecule has 2 aromatic carbocycles. The zero-order valence-electron chi connectivity index (χ0n) is 14.3. The lowest BCUT2D eigenvalue weighted by Crippen LogP contribution is -2.20. The quantitative estimate of drug-likeness (QED) is 0.495. The van der Waals surface area contributed by atoms with Gasteiger partial charge in [-0.05, 0) is 24.6 Å². The van der Waals surface area contributed by atoms with E-state index in [1.807, 2.05) is 12.1 Å². The lowest BCUT2D eigenvalue weighted by molar-refractivity contribution is 0.0521. The van der Waals surface area contributed by atoms with Gasteiger partial charge in [0.2, 0.25) is 5.78 Å². The van der Waals surface area contributed by atoms with Gasteiger partial charge in [-0.25, -0.2) is 4.79 Å². The van der Waals surface area contributed by atoms with Gasteiger partial charge < -0.3 is 9.72 Å². The Kier molecular flexibility index (Phi) is 4.28. The summed E-state index contributed by atoms with van der Waals surface area (Å²) in [6.07, 6.45) is 0. The van der Waals surface area contributed by atoms with Crippen LogP contribution in [0.5, 0.6) is 0 Å². The van der Waals surface area contributed by atoms with Crippen molar-refractivity contribution in [3.8, 4) is 11.1 Å². The molecule has 0 radical (unpaired) electrons. The Morgan fingerprint density at radius 3 is 2.22 bits per heavy atom. The first kappa shape index (κ1) is 17.4. The van der Waals surface area contributed by atoms with Crippen LogP contribution in [0.25, 0.3) is 11.1 Å². The first-order valence-corrected chi connectivity index (χ1v) is 9.19. The highest BCUT2D eigenvalue weighted by Crippen LogP contribution is 2.37. The number of hydrogen-bond acceptors (Lipinski definition) is 4. The summed E-state index contributed by atoms with van der Waals surface area (Å²) in [5.41, 5.74) is 2.15. The molecule has 4 rings (SSSR count). The van der Waals surface area contributed by atoms with Crippen molar-refractivity contribution in [2.75, 3.05) is 6.61 Å². The number of H-pyrrole nitrogens is 1. The molecule has 0 unspecified atom stereocenters. The largest absolute Gasteiger partial charge is 0.461 e. The second kappa shape index (κ2) is 6.63. The van der Waals surface area contributed by atoms with E-state index in [4.69, 9.17) is 4.74 Å². The average molecular weight is 424 g/mol. The predicted octanol–water partition coefficient (Wildman–Crippen LogP) is 4.40. The molecule has 5 nitrogen and oxygen atoms in total. The van der Waals surface area contributed by atoms with Gasteiger partial charge >= 0.3 is 5.97 Å². The predicted molar refractivity (Wildman–Crippen MR) is 103 cm³/mol. The van der Waals surface area contributed by atoms with Crippen LogP contribution < -0.4 is 0 Å². The third-order valence-electron chi connectivity index (χ3n) is 4.48. The molecule has 1 aromatic heterocycles. The van der Waals surface area contributed by atoms with Crippen LogP contribution in [0.15, 0.2) is 53.0 Å². The fraction of sp³-hybridized carbons (Fsp3) is 0.0952. The minimum atomic E-state index is -0.602. The Hall–Kier alpha value is -2.99. The molecule has 1 aliphatic rings. The highest BCUT2D eigenvalue weighted by atomic mass is 79.9. The second-order valence-electron chi connectivity index (χ2n) is 6.06. The number of rotatable bonds is 3. The fourth-order valence-electron chi connectivity index (χ4n) is 3.31. The Balaban J connectivity index is 2.01. The van der Waals surface area contributed by atoms with Gasteiger partial charge in [-0.2, -0.15) is 0 Å². The standard InChI is InChI=1S/C21H14BrNO4/c1-2-27-21(26)18-15(11-7-9-12(22)10-8-11)16-17(23-18)20(25)14-6-4-3-5-13(14)19(16)24/h3-10,23H,2H2,1H3. The van der Waals surface area contributed by atoms with Gasteiger partial charge in [-0.15, -0.1) is 0 Å². The van der Waals surface area contributed by atoms with E-state index in [1.165, 1.54) is 0 Å². The maximum absolute atomic E-state index is 13.2. The first-order valence-electron chi connectivity index (χ1n) is 8.40. The van der Waals surface area contributed by atoms with Crippen LogP contribution in [0.1, 0.15) is 49.4 Å². The molecule has 0 bridgehead atoms. The van der Waals surface area contributed by atoms with Gasteiger partial charge in [0.25, 0.3) is 0 Å². The Morgan fingerprint density at radius 1 is 0.963 bits per heavy atom. The van der Waals surface area contributed by atoms with Crippen molar-refractivity contribution in [1.82, 2.24) is 4.98 Å². The van der Waals surface area contributed by atoms with Crippen LogP contribution in [-0.2, 0) is 4.74 Å². The molecule has 134 valence electrons. The first-order chi connectivity index (χ1) is 13.0. The van der Waals surface area contributed by atoms with Crippen molar-refractivity contribution in [3.05, 3.63) is 81.1 Å². The number of ketones is 2. The van der Waals surface area contributed by atoms with E-state index in [1.54, 1.807) is 43.3 Å². The molecule has 0 saturated heterocycles. The van der Waals surface area contributed by atoms with Crippen LogP contribution in [0, 0.1) is 0 Å². The molecule has 1 aliphatic carbocycles. The third-order valence-corrected chi connectivity index (χ3v) is 5.01. The molecule has 0 amide bonds. The number of halogens is 1. The smallest absolute Gasteiger partial charge is 0.355 e. The summed E-state index contributed by atoms with van der Waals surface area (Å²) in [7, 11) is 0. The number of carbonyl (C=O) groups excluding carboxylic acids is 3. The highest BCUT2D eigenvalue weighted by Gasteiger charge is 2.37. The zero-order valence-corrected chi connectivity index (χ0v) is 15.9. The van der Waals surface area contributed by atoms with Gasteiger partial charge in [0, 0.05) is 21.2 Å². The van der Waals surface area contributed by atoms with Crippen molar-refractivity contribution >= 4 is 33.5 Å². The monoisotopic (exact) mass is 423 g/mol. The van der Waals surface area contributed by atoms with E-state index < -0.39 is 5.97 Å². The van der Waals surface area contributed by atoms with Crippen LogP contribution in [0.3, 0.4) is 0 Å². The molecule has 1 heterocycles. The number of ether oxygens (including phenoxy) is 1. The molecule has 1 N–H and O–H groups in total. The minimum Gasteiger partial charge on any atom is -0.461 e. The summed E-state index contributed by atoms with van der Waals surface area (Å²) in [6.45, 7) is 1.89. The Morgan fingerprint density at radius 2 is 1.59 bits per heavy atom. The summed E-state index contributed by atoms with van der Waals surface area (Å²) in [4.78, 5) is 41.5. The van der Waals surface area contributed by atoms with Gasteiger partial charge in [-0.1, -0.05) is 52.3 Å². The number of aromatic amines is 1. The molecule has 0 fully saturated rings. The highest BCUT2D eigenvalue weighted by molar-refractivity contribution is 9.10. The van der Waals surface area contributed by atoms with E-state index >= 15 is 0 Å². The van der Waals surface area contributed by atoms with Gasteiger partial charge in [-0.3, -0.25) is 9.59 Å². The van der Waals surface area contributed by atoms with Crippen LogP contribution in [0.2, 0.25) is 0 Å². The lowest BCUT2D eigenvalue weighted by atomic mass is 9.85. The zero-order chi connectivity index (χ0) is 19.1. The van der Waals surface area contributed by atoms with Crippen LogP contribution in [0.4, 0.5) is 0 Å². The molecule has 3 aromatic rings. The van der Waals surface area contributed by atoms with E-state index in [0.717, 1.165) is 4.47 Å². The van der Waals surface area contributed by atoms with E-state index in [0.29, 0.717) is 22.3 Å². The fourth-order valence-corrected chi connectivity index (χ4v) is 3.57. The van der Waals surface area contributed by atoms with E-state index in [9.17, 15) is 14.4 Å². The number of hydrogen-bond donors (Lipinski definition) is 1. The van der Waals surface area contributed by atoms with Crippen molar-refractivity contribution in [3.63, 3.8) is 0 Å². The lowest BCUT2D eigenvalue weighted by Gasteiger charge is -2.15. The minimum absolute atomic E-state index is 0.110. The molecular weight excluding hydrogens is 410 g/mol. The SMILES string of the molecule is CCOC(=O)c1[nH]c2c(c1-c1ccc(Br)cc1)C(=O)c1ccccc1C2=O. The summed E-state index contributed by atoms with van der Waals surface area (Å²) >= 11 is 3.38. The van der Waals surface area contributed by atoms with Gasteiger partial charge in [0.15, 0.2) is 5.78 Å². The number of carbonyl (C=O) groups is 3. The normalized spacial score (nSPS) is 12.5. The Labute approximate surface area is 163 Å². The Bertz CT molecular complexity index is 1100. The van der Waals surface area contributed by atoms with Gasteiger partial charge in [0.1, 0.15) is 5.69 Å². The van der Waals surface area contributed by atoms with Crippen LogP contribution in [-0.4, -0.2) is 29.1 Å². The molecule has 6 heteroatoms. The third kappa shape index (κ3) is 2.73. The molecule has 0 atom stereocenters. The summed E-state index contributed by atoms with van der Waals surface area (Å²) in [5, 5.41) is 0. The average Bonchev–Trinajstić information content (AvgIpc) is 3.08. The second-order valence-corrected chi connectivity index (χ2v) is 6.97. The molecule has 27 heavy (non-hydrogen) atoms. The molecule has 0 spiro atoms. The van der Waals surface area contributed by atoms with Crippen molar-refractivity contribution in [2.24, 2.45) is 0 Å². The van der Waals surface area contributed by atoms with Crippen molar-refractivity contribution in [2.45, 2.75) is 6.92 Å². The summed E-state index contributed by atoms with van der Waals surface area (Å²) < 4.78 is 6.00. The topological polar surface area (TPSA) is 76.2 Å². The number of benzene rings is 2. The molecule has 0 saturated carbocycles. The number of fused-ring (bicyclic) bond motifs is 2. The number of esters is 1. The number of aromatic nitrogens is 1. The maximum atomic E-state index is 13.2. The van der Waals surface area contributed by atoms with E-state index in [-0.39, 0.29) is 35.1 Å². The van der Waals surface area contributed by atoms with Crippen molar-refractivity contribution < 1.29 is 19.1 Å². The summed E-state index contributed by atoms with van der Waals surface area (Å²) in [5.74, 6) is -1.20. The number of nitrogens with one attached hydrogen (secondary N) is 1. The van der Waals surface area contributed by atoms with E-state index in [2.05, 4.69) is 20.9 Å². The van der Waals surface area contributed by atoms with Crippen LogP contribution >= 0.6 is 15.9 Å². The molecule has 0 aliphatic heterocycles. The maximum Gasteiger partial charge on any atom is 0.355 e. The van der Waals surface area contributed by atoms with Gasteiger partial charge in [0.05, 0.1) is 17.9 Å². The molecular formula is C21H14BrNO4. The van der Waals surface area contributed by atoms with Crippen molar-refractivity contribution in [1.29, 1.82) is 0 Å². The summed E-state index contributed by atoms with van der Waals surface area (Å²) in [6, 6.07) is 13.9.